The first-order chi connectivity index (χ1) is 7.77. The molecule has 0 radical (unpaired) electrons. The van der Waals surface area contributed by atoms with Crippen molar-refractivity contribution in [3.63, 3.8) is 0 Å². The van der Waals surface area contributed by atoms with Crippen LogP contribution in [0.15, 0.2) is 28.7 Å². The second kappa shape index (κ2) is 3.36. The Bertz CT molecular complexity index is 517. The Morgan fingerprint density at radius 1 is 1.31 bits per heavy atom. The Balaban J connectivity index is 2.20. The van der Waals surface area contributed by atoms with E-state index in [1.165, 1.54) is 30.2 Å². The van der Waals surface area contributed by atoms with Gasteiger partial charge in [0, 0.05) is 17.3 Å². The molecule has 0 spiro atoms. The first-order valence-electron chi connectivity index (χ1n) is 5.95. The molecule has 0 aliphatic heterocycles. The minimum atomic E-state index is 0.128. The summed E-state index contributed by atoms with van der Waals surface area (Å²) in [4.78, 5) is 0. The third-order valence-corrected chi connectivity index (χ3v) is 4.03. The van der Waals surface area contributed by atoms with E-state index in [4.69, 9.17) is 10.2 Å². The number of rotatable bonds is 2. The number of para-hydroxylation sites is 1. The molecular weight excluding hydrogens is 198 g/mol. The quantitative estimate of drug-likeness (QED) is 0.836. The molecular formula is C14H17NO. The van der Waals surface area contributed by atoms with E-state index in [0.717, 1.165) is 11.3 Å². The number of aryl methyl sites for hydroxylation is 1. The van der Waals surface area contributed by atoms with E-state index in [9.17, 15) is 0 Å². The van der Waals surface area contributed by atoms with Gasteiger partial charge in [-0.25, -0.2) is 0 Å². The molecule has 0 atom stereocenters. The molecule has 84 valence electrons. The molecule has 0 bridgehead atoms. The van der Waals surface area contributed by atoms with Crippen LogP contribution in [-0.4, -0.2) is 6.54 Å². The number of hydrogen-bond donors (Lipinski definition) is 1. The highest BCUT2D eigenvalue weighted by Gasteiger charge is 2.41. The number of benzene rings is 1. The molecule has 1 saturated carbocycles. The van der Waals surface area contributed by atoms with Crippen LogP contribution in [0.1, 0.15) is 30.6 Å². The molecule has 1 aromatic carbocycles. The third kappa shape index (κ3) is 1.17. The minimum Gasteiger partial charge on any atom is -0.460 e. The maximum absolute atomic E-state index is 6.02. The van der Waals surface area contributed by atoms with Gasteiger partial charge in [0.1, 0.15) is 11.3 Å². The van der Waals surface area contributed by atoms with Crippen LogP contribution in [0.4, 0.5) is 0 Å². The number of nitrogens with two attached hydrogens (primary N) is 1. The second-order valence-electron chi connectivity index (χ2n) is 4.89. The molecule has 2 aromatic rings. The van der Waals surface area contributed by atoms with Crippen molar-refractivity contribution in [2.75, 3.05) is 6.54 Å². The topological polar surface area (TPSA) is 39.2 Å². The molecule has 1 aliphatic carbocycles. The Labute approximate surface area is 95.4 Å². The van der Waals surface area contributed by atoms with Crippen LogP contribution in [0.25, 0.3) is 11.0 Å². The molecule has 1 aromatic heterocycles. The monoisotopic (exact) mass is 215 g/mol. The summed E-state index contributed by atoms with van der Waals surface area (Å²) in [7, 11) is 0. The zero-order chi connectivity index (χ0) is 11.2. The molecule has 1 aliphatic rings. The van der Waals surface area contributed by atoms with Crippen molar-refractivity contribution in [2.45, 2.75) is 31.6 Å². The zero-order valence-corrected chi connectivity index (χ0v) is 9.62. The predicted molar refractivity (Wildman–Crippen MR) is 65.5 cm³/mol. The molecule has 1 heterocycles. The van der Waals surface area contributed by atoms with Gasteiger partial charge in [0.25, 0.3) is 0 Å². The Kier molecular flexibility index (Phi) is 2.08. The molecule has 2 nitrogen and oxygen atoms in total. The highest BCUT2D eigenvalue weighted by atomic mass is 16.3. The molecule has 0 amide bonds. The molecule has 3 rings (SSSR count). The Hall–Kier alpha value is -1.28. The van der Waals surface area contributed by atoms with Crippen molar-refractivity contribution >= 4 is 11.0 Å². The Morgan fingerprint density at radius 2 is 2.06 bits per heavy atom. The van der Waals surface area contributed by atoms with Crippen LogP contribution in [0.5, 0.6) is 0 Å². The van der Waals surface area contributed by atoms with Crippen LogP contribution in [0.2, 0.25) is 0 Å². The fourth-order valence-electron chi connectivity index (χ4n) is 2.81. The van der Waals surface area contributed by atoms with Crippen molar-refractivity contribution in [3.8, 4) is 0 Å². The van der Waals surface area contributed by atoms with Crippen molar-refractivity contribution in [1.82, 2.24) is 0 Å². The van der Waals surface area contributed by atoms with Gasteiger partial charge < -0.3 is 10.2 Å². The number of hydrogen-bond acceptors (Lipinski definition) is 2. The average Bonchev–Trinajstić information content (AvgIpc) is 2.57. The summed E-state index contributed by atoms with van der Waals surface area (Å²) >= 11 is 0. The summed E-state index contributed by atoms with van der Waals surface area (Å²) < 4.78 is 6.02. The second-order valence-corrected chi connectivity index (χ2v) is 4.89. The zero-order valence-electron chi connectivity index (χ0n) is 9.62. The van der Waals surface area contributed by atoms with Crippen LogP contribution < -0.4 is 5.73 Å². The fraction of sp³-hybridized carbons (Fsp3) is 0.429. The van der Waals surface area contributed by atoms with Crippen molar-refractivity contribution in [2.24, 2.45) is 5.73 Å². The molecule has 0 unspecified atom stereocenters. The summed E-state index contributed by atoms with van der Waals surface area (Å²) in [5, 5.41) is 1.23. The third-order valence-electron chi connectivity index (χ3n) is 4.03. The van der Waals surface area contributed by atoms with Gasteiger partial charge in [-0.1, -0.05) is 24.6 Å². The molecule has 16 heavy (non-hydrogen) atoms. The van der Waals surface area contributed by atoms with E-state index in [2.05, 4.69) is 19.1 Å². The van der Waals surface area contributed by atoms with Gasteiger partial charge in [0.15, 0.2) is 0 Å². The largest absolute Gasteiger partial charge is 0.460 e. The molecule has 1 fully saturated rings. The predicted octanol–water partition coefficient (Wildman–Crippen LogP) is 3.12. The van der Waals surface area contributed by atoms with Gasteiger partial charge in [-0.05, 0) is 31.4 Å². The van der Waals surface area contributed by atoms with Gasteiger partial charge in [-0.15, -0.1) is 0 Å². The van der Waals surface area contributed by atoms with E-state index in [-0.39, 0.29) is 5.41 Å². The van der Waals surface area contributed by atoms with Gasteiger partial charge >= 0.3 is 0 Å². The lowest BCUT2D eigenvalue weighted by Crippen LogP contribution is -2.41. The lowest BCUT2D eigenvalue weighted by Gasteiger charge is -2.39. The SMILES string of the molecule is Cc1c(C2(CN)CCC2)oc2ccccc12. The van der Waals surface area contributed by atoms with Crippen LogP contribution in [0.3, 0.4) is 0 Å². The Morgan fingerprint density at radius 3 is 2.62 bits per heavy atom. The fourth-order valence-corrected chi connectivity index (χ4v) is 2.81. The van der Waals surface area contributed by atoms with E-state index in [1.54, 1.807) is 0 Å². The minimum absolute atomic E-state index is 0.128. The smallest absolute Gasteiger partial charge is 0.134 e. The van der Waals surface area contributed by atoms with Gasteiger partial charge in [0.05, 0.1) is 0 Å². The first-order valence-corrected chi connectivity index (χ1v) is 5.95. The standard InChI is InChI=1S/C14H17NO/c1-10-11-5-2-3-6-12(11)16-13(10)14(9-15)7-4-8-14/h2-3,5-6H,4,7-9,15H2,1H3. The highest BCUT2D eigenvalue weighted by Crippen LogP contribution is 2.46. The summed E-state index contributed by atoms with van der Waals surface area (Å²) in [5.41, 5.74) is 8.33. The van der Waals surface area contributed by atoms with Crippen molar-refractivity contribution in [1.29, 1.82) is 0 Å². The molecule has 2 heteroatoms. The summed E-state index contributed by atoms with van der Waals surface area (Å²) in [6.07, 6.45) is 3.61. The van der Waals surface area contributed by atoms with Crippen molar-refractivity contribution < 1.29 is 4.42 Å². The van der Waals surface area contributed by atoms with Gasteiger partial charge in [-0.3, -0.25) is 0 Å². The average molecular weight is 215 g/mol. The van der Waals surface area contributed by atoms with Crippen LogP contribution in [-0.2, 0) is 5.41 Å². The number of fused-ring (bicyclic) bond motifs is 1. The number of furan rings is 1. The summed E-state index contributed by atoms with van der Waals surface area (Å²) in [6, 6.07) is 8.24. The van der Waals surface area contributed by atoms with E-state index in [0.29, 0.717) is 6.54 Å². The van der Waals surface area contributed by atoms with E-state index < -0.39 is 0 Å². The summed E-state index contributed by atoms with van der Waals surface area (Å²) in [6.45, 7) is 2.85. The van der Waals surface area contributed by atoms with Gasteiger partial charge in [0.2, 0.25) is 0 Å². The van der Waals surface area contributed by atoms with E-state index in [1.807, 2.05) is 12.1 Å². The lowest BCUT2D eigenvalue weighted by atomic mass is 9.66. The molecule has 0 saturated heterocycles. The normalized spacial score (nSPS) is 18.6. The van der Waals surface area contributed by atoms with Crippen LogP contribution in [0, 0.1) is 6.92 Å². The lowest BCUT2D eigenvalue weighted by molar-refractivity contribution is 0.211. The first kappa shape index (κ1) is 9.91. The van der Waals surface area contributed by atoms with Crippen LogP contribution >= 0.6 is 0 Å². The van der Waals surface area contributed by atoms with E-state index >= 15 is 0 Å². The maximum Gasteiger partial charge on any atom is 0.134 e. The van der Waals surface area contributed by atoms with Crippen molar-refractivity contribution in [3.05, 3.63) is 35.6 Å². The van der Waals surface area contributed by atoms with Gasteiger partial charge in [-0.2, -0.15) is 0 Å². The summed E-state index contributed by atoms with van der Waals surface area (Å²) in [5.74, 6) is 1.13. The highest BCUT2D eigenvalue weighted by molar-refractivity contribution is 5.82. The molecule has 2 N–H and O–H groups in total. The maximum atomic E-state index is 6.02.